The SMILES string of the molecule is COc1ccc2c(c1)-c1nn(CCCCN)c(=O)cc1CO2. The van der Waals surface area contributed by atoms with Gasteiger partial charge in [-0.05, 0) is 37.6 Å². The van der Waals surface area contributed by atoms with Gasteiger partial charge in [-0.15, -0.1) is 0 Å². The Morgan fingerprint density at radius 1 is 1.36 bits per heavy atom. The van der Waals surface area contributed by atoms with Gasteiger partial charge < -0.3 is 15.2 Å². The van der Waals surface area contributed by atoms with Gasteiger partial charge in [0.2, 0.25) is 0 Å². The van der Waals surface area contributed by atoms with Crippen LogP contribution >= 0.6 is 0 Å². The number of unbranched alkanes of at least 4 members (excludes halogenated alkanes) is 1. The minimum absolute atomic E-state index is 0.106. The molecule has 116 valence electrons. The van der Waals surface area contributed by atoms with Crippen molar-refractivity contribution in [3.8, 4) is 22.8 Å². The van der Waals surface area contributed by atoms with E-state index >= 15 is 0 Å². The third-order valence-electron chi connectivity index (χ3n) is 3.73. The Morgan fingerprint density at radius 3 is 3.00 bits per heavy atom. The second-order valence-corrected chi connectivity index (χ2v) is 5.23. The number of methoxy groups -OCH3 is 1. The molecule has 0 spiro atoms. The molecule has 0 saturated heterocycles. The van der Waals surface area contributed by atoms with Gasteiger partial charge in [0.1, 0.15) is 23.8 Å². The molecule has 3 rings (SSSR count). The van der Waals surface area contributed by atoms with E-state index in [4.69, 9.17) is 15.2 Å². The maximum atomic E-state index is 12.1. The molecule has 22 heavy (non-hydrogen) atoms. The number of aromatic nitrogens is 2. The Bertz CT molecular complexity index is 740. The molecular formula is C16H19N3O3. The number of aryl methyl sites for hydroxylation is 1. The summed E-state index contributed by atoms with van der Waals surface area (Å²) in [6, 6.07) is 7.20. The van der Waals surface area contributed by atoms with Crippen LogP contribution in [-0.2, 0) is 13.2 Å². The maximum Gasteiger partial charge on any atom is 0.267 e. The first-order chi connectivity index (χ1) is 10.7. The van der Waals surface area contributed by atoms with E-state index in [0.717, 1.165) is 41.2 Å². The lowest BCUT2D eigenvalue weighted by atomic mass is 10.0. The zero-order valence-electron chi connectivity index (χ0n) is 12.5. The molecule has 0 bridgehead atoms. The predicted molar refractivity (Wildman–Crippen MR) is 83.1 cm³/mol. The highest BCUT2D eigenvalue weighted by molar-refractivity contribution is 5.72. The summed E-state index contributed by atoms with van der Waals surface area (Å²) in [6.45, 7) is 1.55. The first kappa shape index (κ1) is 14.6. The largest absolute Gasteiger partial charge is 0.497 e. The van der Waals surface area contributed by atoms with Gasteiger partial charge in [-0.25, -0.2) is 4.68 Å². The van der Waals surface area contributed by atoms with E-state index in [1.54, 1.807) is 13.2 Å². The lowest BCUT2D eigenvalue weighted by Crippen LogP contribution is -2.26. The standard InChI is InChI=1S/C16H19N3O3/c1-21-12-4-5-14-13(9-12)16-11(10-22-14)8-15(20)19(18-16)7-3-2-6-17/h4-5,8-9H,2-3,6-7,10,17H2,1H3. The summed E-state index contributed by atoms with van der Waals surface area (Å²) in [5.41, 5.74) is 7.84. The highest BCUT2D eigenvalue weighted by Crippen LogP contribution is 2.37. The van der Waals surface area contributed by atoms with E-state index in [9.17, 15) is 4.79 Å². The summed E-state index contributed by atoms with van der Waals surface area (Å²) < 4.78 is 12.4. The molecular weight excluding hydrogens is 282 g/mol. The number of rotatable bonds is 5. The first-order valence-electron chi connectivity index (χ1n) is 7.35. The Morgan fingerprint density at radius 2 is 2.23 bits per heavy atom. The summed E-state index contributed by atoms with van der Waals surface area (Å²) in [5, 5.41) is 4.53. The molecule has 2 N–H and O–H groups in total. The molecule has 0 unspecified atom stereocenters. The Balaban J connectivity index is 2.03. The van der Waals surface area contributed by atoms with Gasteiger partial charge in [-0.2, -0.15) is 5.10 Å². The van der Waals surface area contributed by atoms with Crippen molar-refractivity contribution in [2.75, 3.05) is 13.7 Å². The summed E-state index contributed by atoms with van der Waals surface area (Å²) in [6.07, 6.45) is 1.71. The first-order valence-corrected chi connectivity index (χ1v) is 7.35. The topological polar surface area (TPSA) is 79.4 Å². The van der Waals surface area contributed by atoms with E-state index in [-0.39, 0.29) is 5.56 Å². The predicted octanol–water partition coefficient (Wildman–Crippen LogP) is 1.55. The Labute approximate surface area is 128 Å². The van der Waals surface area contributed by atoms with E-state index < -0.39 is 0 Å². The van der Waals surface area contributed by atoms with E-state index in [0.29, 0.717) is 19.7 Å². The quantitative estimate of drug-likeness (QED) is 0.848. The molecule has 0 saturated carbocycles. The summed E-state index contributed by atoms with van der Waals surface area (Å²) in [4.78, 5) is 12.1. The maximum absolute atomic E-state index is 12.1. The van der Waals surface area contributed by atoms with Crippen molar-refractivity contribution in [1.82, 2.24) is 9.78 Å². The minimum Gasteiger partial charge on any atom is -0.497 e. The van der Waals surface area contributed by atoms with Gasteiger partial charge in [-0.1, -0.05) is 0 Å². The van der Waals surface area contributed by atoms with Crippen LogP contribution in [0, 0.1) is 0 Å². The summed E-state index contributed by atoms with van der Waals surface area (Å²) >= 11 is 0. The van der Waals surface area contributed by atoms with Gasteiger partial charge in [0.05, 0.1) is 7.11 Å². The number of fused-ring (bicyclic) bond motifs is 3. The number of hydrogen-bond acceptors (Lipinski definition) is 5. The minimum atomic E-state index is -0.106. The Hall–Kier alpha value is -2.34. The fourth-order valence-corrected chi connectivity index (χ4v) is 2.53. The van der Waals surface area contributed by atoms with Crippen molar-refractivity contribution >= 4 is 0 Å². The fraction of sp³-hybridized carbons (Fsp3) is 0.375. The Kier molecular flexibility index (Phi) is 4.11. The third-order valence-corrected chi connectivity index (χ3v) is 3.73. The molecule has 0 radical (unpaired) electrons. The highest BCUT2D eigenvalue weighted by atomic mass is 16.5. The van der Waals surface area contributed by atoms with Gasteiger partial charge in [0.15, 0.2) is 0 Å². The number of ether oxygens (including phenoxy) is 2. The second-order valence-electron chi connectivity index (χ2n) is 5.23. The summed E-state index contributed by atoms with van der Waals surface area (Å²) in [5.74, 6) is 1.49. The van der Waals surface area contributed by atoms with Crippen molar-refractivity contribution in [2.45, 2.75) is 26.0 Å². The molecule has 1 aromatic carbocycles. The van der Waals surface area contributed by atoms with Crippen LogP contribution in [-0.4, -0.2) is 23.4 Å². The van der Waals surface area contributed by atoms with Crippen LogP contribution in [0.5, 0.6) is 11.5 Å². The van der Waals surface area contributed by atoms with E-state index in [1.807, 2.05) is 18.2 Å². The van der Waals surface area contributed by atoms with E-state index in [2.05, 4.69) is 5.10 Å². The lowest BCUT2D eigenvalue weighted by Gasteiger charge is -2.21. The van der Waals surface area contributed by atoms with Gasteiger partial charge >= 0.3 is 0 Å². The van der Waals surface area contributed by atoms with Gasteiger partial charge in [-0.3, -0.25) is 4.79 Å². The molecule has 0 amide bonds. The monoisotopic (exact) mass is 301 g/mol. The van der Waals surface area contributed by atoms with Crippen molar-refractivity contribution in [2.24, 2.45) is 5.73 Å². The summed E-state index contributed by atoms with van der Waals surface area (Å²) in [7, 11) is 1.62. The molecule has 6 heteroatoms. The second kappa shape index (κ2) is 6.19. The molecule has 1 aromatic heterocycles. The number of hydrogen-bond donors (Lipinski definition) is 1. The molecule has 2 heterocycles. The molecule has 1 aliphatic rings. The number of benzene rings is 1. The normalized spacial score (nSPS) is 12.3. The molecule has 2 aromatic rings. The van der Waals surface area contributed by atoms with Crippen molar-refractivity contribution in [1.29, 1.82) is 0 Å². The highest BCUT2D eigenvalue weighted by Gasteiger charge is 2.21. The average Bonchev–Trinajstić information content (AvgIpc) is 2.55. The molecule has 0 atom stereocenters. The van der Waals surface area contributed by atoms with Crippen LogP contribution in [0.15, 0.2) is 29.1 Å². The van der Waals surface area contributed by atoms with Crippen LogP contribution in [0.4, 0.5) is 0 Å². The van der Waals surface area contributed by atoms with Crippen molar-refractivity contribution in [3.63, 3.8) is 0 Å². The van der Waals surface area contributed by atoms with Crippen LogP contribution in [0.2, 0.25) is 0 Å². The molecule has 0 fully saturated rings. The number of nitrogens with two attached hydrogens (primary N) is 1. The smallest absolute Gasteiger partial charge is 0.267 e. The van der Waals surface area contributed by atoms with Gasteiger partial charge in [0, 0.05) is 23.7 Å². The van der Waals surface area contributed by atoms with Crippen LogP contribution in [0.1, 0.15) is 18.4 Å². The zero-order valence-corrected chi connectivity index (χ0v) is 12.5. The van der Waals surface area contributed by atoms with E-state index in [1.165, 1.54) is 4.68 Å². The lowest BCUT2D eigenvalue weighted by molar-refractivity contribution is 0.299. The van der Waals surface area contributed by atoms with Crippen LogP contribution in [0.3, 0.4) is 0 Å². The van der Waals surface area contributed by atoms with Gasteiger partial charge in [0.25, 0.3) is 5.56 Å². The third kappa shape index (κ3) is 2.69. The van der Waals surface area contributed by atoms with Crippen LogP contribution < -0.4 is 20.8 Å². The van der Waals surface area contributed by atoms with Crippen LogP contribution in [0.25, 0.3) is 11.3 Å². The number of nitrogens with zero attached hydrogens (tertiary/aromatic N) is 2. The van der Waals surface area contributed by atoms with Crippen molar-refractivity contribution < 1.29 is 9.47 Å². The fourth-order valence-electron chi connectivity index (χ4n) is 2.53. The average molecular weight is 301 g/mol. The molecule has 0 aliphatic carbocycles. The molecule has 1 aliphatic heterocycles. The van der Waals surface area contributed by atoms with Crippen molar-refractivity contribution in [3.05, 3.63) is 40.2 Å². The molecule has 6 nitrogen and oxygen atoms in total. The zero-order chi connectivity index (χ0) is 15.5.